The number of anilines is 1. The Morgan fingerprint density at radius 3 is 2.95 bits per heavy atom. The SMILES string of the molecule is CCC(C)c1ccccc1NC(=O)c1ccn2cncc2c1. The van der Waals surface area contributed by atoms with Crippen LogP contribution in [0.25, 0.3) is 5.52 Å². The second-order valence-corrected chi connectivity index (χ2v) is 5.49. The highest BCUT2D eigenvalue weighted by atomic mass is 16.1. The molecule has 22 heavy (non-hydrogen) atoms. The Labute approximate surface area is 129 Å². The first-order valence-corrected chi connectivity index (χ1v) is 7.51. The number of carbonyl (C=O) groups is 1. The molecule has 3 rings (SSSR count). The van der Waals surface area contributed by atoms with Crippen molar-refractivity contribution in [1.82, 2.24) is 9.38 Å². The third-order valence-corrected chi connectivity index (χ3v) is 4.03. The summed E-state index contributed by atoms with van der Waals surface area (Å²) in [6.45, 7) is 4.32. The minimum Gasteiger partial charge on any atom is -0.322 e. The average molecular weight is 293 g/mol. The van der Waals surface area contributed by atoms with Crippen LogP contribution in [0.4, 0.5) is 5.69 Å². The van der Waals surface area contributed by atoms with E-state index >= 15 is 0 Å². The Hall–Kier alpha value is -2.62. The van der Waals surface area contributed by atoms with Crippen molar-refractivity contribution in [2.24, 2.45) is 0 Å². The number of pyridine rings is 1. The van der Waals surface area contributed by atoms with E-state index in [1.807, 2.05) is 34.9 Å². The van der Waals surface area contributed by atoms with Crippen LogP contribution in [-0.2, 0) is 0 Å². The van der Waals surface area contributed by atoms with Gasteiger partial charge in [-0.15, -0.1) is 0 Å². The Bertz CT molecular complexity index is 807. The number of para-hydroxylation sites is 1. The van der Waals surface area contributed by atoms with Crippen molar-refractivity contribution in [1.29, 1.82) is 0 Å². The third-order valence-electron chi connectivity index (χ3n) is 4.03. The van der Waals surface area contributed by atoms with Crippen LogP contribution < -0.4 is 5.32 Å². The number of fused-ring (bicyclic) bond motifs is 1. The Balaban J connectivity index is 1.88. The first kappa shape index (κ1) is 14.3. The number of amides is 1. The predicted octanol–water partition coefficient (Wildman–Crippen LogP) is 4.10. The van der Waals surface area contributed by atoms with Crippen LogP contribution in [0.15, 0.2) is 55.1 Å². The third kappa shape index (κ3) is 2.72. The standard InChI is InChI=1S/C18H19N3O/c1-3-13(2)16-6-4-5-7-17(16)20-18(22)14-8-9-21-12-19-11-15(21)10-14/h4-13H,3H2,1-2H3,(H,20,22). The maximum absolute atomic E-state index is 12.5. The smallest absolute Gasteiger partial charge is 0.255 e. The van der Waals surface area contributed by atoms with Crippen LogP contribution in [-0.4, -0.2) is 15.3 Å². The summed E-state index contributed by atoms with van der Waals surface area (Å²) in [5, 5.41) is 3.03. The van der Waals surface area contributed by atoms with Crippen molar-refractivity contribution in [3.63, 3.8) is 0 Å². The van der Waals surface area contributed by atoms with Crippen molar-refractivity contribution in [3.8, 4) is 0 Å². The van der Waals surface area contributed by atoms with Gasteiger partial charge < -0.3 is 9.72 Å². The molecule has 0 bridgehead atoms. The van der Waals surface area contributed by atoms with E-state index in [2.05, 4.69) is 30.2 Å². The molecule has 3 aromatic rings. The Kier molecular flexibility index (Phi) is 3.92. The van der Waals surface area contributed by atoms with Gasteiger partial charge in [0.25, 0.3) is 5.91 Å². The zero-order valence-electron chi connectivity index (χ0n) is 12.8. The monoisotopic (exact) mass is 293 g/mol. The minimum atomic E-state index is -0.0977. The van der Waals surface area contributed by atoms with Gasteiger partial charge >= 0.3 is 0 Å². The molecular weight excluding hydrogens is 274 g/mol. The van der Waals surface area contributed by atoms with Crippen molar-refractivity contribution >= 4 is 17.1 Å². The highest BCUT2D eigenvalue weighted by Crippen LogP contribution is 2.26. The normalized spacial score (nSPS) is 12.3. The fraction of sp³-hybridized carbons (Fsp3) is 0.222. The molecule has 2 aromatic heterocycles. The highest BCUT2D eigenvalue weighted by molar-refractivity contribution is 6.05. The van der Waals surface area contributed by atoms with E-state index < -0.39 is 0 Å². The number of nitrogens with one attached hydrogen (secondary N) is 1. The molecule has 2 heterocycles. The van der Waals surface area contributed by atoms with Gasteiger partial charge in [-0.3, -0.25) is 4.79 Å². The number of hydrogen-bond donors (Lipinski definition) is 1. The van der Waals surface area contributed by atoms with Gasteiger partial charge in [-0.25, -0.2) is 4.98 Å². The molecule has 4 nitrogen and oxygen atoms in total. The summed E-state index contributed by atoms with van der Waals surface area (Å²) in [6, 6.07) is 11.6. The summed E-state index contributed by atoms with van der Waals surface area (Å²) < 4.78 is 1.88. The molecule has 4 heteroatoms. The fourth-order valence-electron chi connectivity index (χ4n) is 2.52. The van der Waals surface area contributed by atoms with Crippen molar-refractivity contribution in [3.05, 3.63) is 66.2 Å². The largest absolute Gasteiger partial charge is 0.322 e. The van der Waals surface area contributed by atoms with Crippen LogP contribution in [0.5, 0.6) is 0 Å². The number of hydrogen-bond acceptors (Lipinski definition) is 2. The summed E-state index contributed by atoms with van der Waals surface area (Å²) in [4.78, 5) is 16.6. The fourth-order valence-corrected chi connectivity index (χ4v) is 2.52. The van der Waals surface area contributed by atoms with Crippen LogP contribution >= 0.6 is 0 Å². The van der Waals surface area contributed by atoms with Crippen molar-refractivity contribution in [2.45, 2.75) is 26.2 Å². The summed E-state index contributed by atoms with van der Waals surface area (Å²) in [7, 11) is 0. The Morgan fingerprint density at radius 1 is 1.32 bits per heavy atom. The molecule has 1 unspecified atom stereocenters. The molecule has 0 aliphatic heterocycles. The highest BCUT2D eigenvalue weighted by Gasteiger charge is 2.12. The lowest BCUT2D eigenvalue weighted by Crippen LogP contribution is -2.14. The van der Waals surface area contributed by atoms with Gasteiger partial charge in [-0.05, 0) is 36.1 Å². The molecule has 1 atom stereocenters. The van der Waals surface area contributed by atoms with Crippen LogP contribution in [0.3, 0.4) is 0 Å². The first-order chi connectivity index (χ1) is 10.7. The van der Waals surface area contributed by atoms with E-state index in [4.69, 9.17) is 0 Å². The lowest BCUT2D eigenvalue weighted by atomic mass is 9.97. The van der Waals surface area contributed by atoms with Gasteiger partial charge in [0.1, 0.15) is 0 Å². The molecule has 112 valence electrons. The van der Waals surface area contributed by atoms with Gasteiger partial charge in [0.15, 0.2) is 0 Å². The van der Waals surface area contributed by atoms with Crippen molar-refractivity contribution < 1.29 is 4.79 Å². The summed E-state index contributed by atoms with van der Waals surface area (Å²) in [5.74, 6) is 0.313. The molecule has 0 aliphatic rings. The molecule has 0 saturated heterocycles. The molecular formula is C18H19N3O. The van der Waals surface area contributed by atoms with E-state index in [0.29, 0.717) is 11.5 Å². The molecule has 0 spiro atoms. The molecule has 1 amide bonds. The number of nitrogens with zero attached hydrogens (tertiary/aromatic N) is 2. The zero-order chi connectivity index (χ0) is 15.5. The Morgan fingerprint density at radius 2 is 2.14 bits per heavy atom. The lowest BCUT2D eigenvalue weighted by molar-refractivity contribution is 0.102. The first-order valence-electron chi connectivity index (χ1n) is 7.51. The molecule has 1 aromatic carbocycles. The number of rotatable bonds is 4. The topological polar surface area (TPSA) is 46.4 Å². The summed E-state index contributed by atoms with van der Waals surface area (Å²) in [5.41, 5.74) is 3.59. The number of carbonyl (C=O) groups excluding carboxylic acids is 1. The molecule has 0 aliphatic carbocycles. The molecule has 0 radical (unpaired) electrons. The van der Waals surface area contributed by atoms with Gasteiger partial charge in [0.05, 0.1) is 18.0 Å². The maximum Gasteiger partial charge on any atom is 0.255 e. The second-order valence-electron chi connectivity index (χ2n) is 5.49. The van der Waals surface area contributed by atoms with E-state index in [-0.39, 0.29) is 5.91 Å². The van der Waals surface area contributed by atoms with Gasteiger partial charge in [0, 0.05) is 17.4 Å². The molecule has 0 fully saturated rings. The van der Waals surface area contributed by atoms with E-state index in [1.54, 1.807) is 18.6 Å². The second kappa shape index (κ2) is 6.02. The summed E-state index contributed by atoms with van der Waals surface area (Å²) >= 11 is 0. The zero-order valence-corrected chi connectivity index (χ0v) is 12.8. The van der Waals surface area contributed by atoms with Crippen LogP contribution in [0.1, 0.15) is 42.1 Å². The summed E-state index contributed by atoms with van der Waals surface area (Å²) in [6.07, 6.45) is 6.34. The quantitative estimate of drug-likeness (QED) is 0.787. The van der Waals surface area contributed by atoms with E-state index in [1.165, 1.54) is 5.56 Å². The number of benzene rings is 1. The average Bonchev–Trinajstić information content (AvgIpc) is 3.02. The van der Waals surface area contributed by atoms with E-state index in [0.717, 1.165) is 17.6 Å². The molecule has 0 saturated carbocycles. The van der Waals surface area contributed by atoms with Crippen LogP contribution in [0.2, 0.25) is 0 Å². The minimum absolute atomic E-state index is 0.0977. The van der Waals surface area contributed by atoms with E-state index in [9.17, 15) is 4.79 Å². The predicted molar refractivity (Wildman–Crippen MR) is 88.3 cm³/mol. The van der Waals surface area contributed by atoms with Gasteiger partial charge in [-0.2, -0.15) is 0 Å². The van der Waals surface area contributed by atoms with Gasteiger partial charge in [0.2, 0.25) is 0 Å². The maximum atomic E-state index is 12.5. The lowest BCUT2D eigenvalue weighted by Gasteiger charge is -2.15. The van der Waals surface area contributed by atoms with Crippen molar-refractivity contribution in [2.75, 3.05) is 5.32 Å². The number of imidazole rings is 1. The molecule has 1 N–H and O–H groups in total. The number of aromatic nitrogens is 2. The van der Waals surface area contributed by atoms with Crippen LogP contribution in [0, 0.1) is 0 Å². The van der Waals surface area contributed by atoms with Gasteiger partial charge in [-0.1, -0.05) is 32.0 Å².